The first-order chi connectivity index (χ1) is 13.1. The van der Waals surface area contributed by atoms with Crippen molar-refractivity contribution in [3.63, 3.8) is 0 Å². The zero-order valence-corrected chi connectivity index (χ0v) is 15.4. The SMILES string of the molecule is CC1=CNC(c2nc(-c3ccc(C)cc3)nc(-c3ncc(C)cn3)n2)N=C1. The Morgan fingerprint density at radius 1 is 0.778 bits per heavy atom. The Bertz CT molecular complexity index is 957. The standard InChI is InChI=1S/C20H19N7/c1-12-4-6-15(7-5-12)16-25-19(17-21-8-13(2)9-22-17)27-20(26-16)18-23-10-14(3)11-24-18/h4-11,17,21H,1-3H3. The molecule has 0 spiro atoms. The van der Waals surface area contributed by atoms with Gasteiger partial charge in [-0.3, -0.25) is 4.99 Å². The number of hydrogen-bond acceptors (Lipinski definition) is 7. The predicted octanol–water partition coefficient (Wildman–Crippen LogP) is 3.19. The third-order valence-corrected chi connectivity index (χ3v) is 4.08. The van der Waals surface area contributed by atoms with E-state index in [1.807, 2.05) is 51.2 Å². The Kier molecular flexibility index (Phi) is 4.42. The quantitative estimate of drug-likeness (QED) is 0.774. The van der Waals surface area contributed by atoms with Crippen LogP contribution >= 0.6 is 0 Å². The minimum Gasteiger partial charge on any atom is -0.363 e. The largest absolute Gasteiger partial charge is 0.363 e. The van der Waals surface area contributed by atoms with E-state index < -0.39 is 0 Å². The van der Waals surface area contributed by atoms with Crippen LogP contribution in [0.2, 0.25) is 0 Å². The zero-order valence-electron chi connectivity index (χ0n) is 15.4. The van der Waals surface area contributed by atoms with Gasteiger partial charge in [-0.15, -0.1) is 0 Å². The molecule has 3 heterocycles. The molecule has 1 atom stereocenters. The number of rotatable bonds is 3. The van der Waals surface area contributed by atoms with Crippen molar-refractivity contribution in [3.8, 4) is 23.0 Å². The van der Waals surface area contributed by atoms with Gasteiger partial charge in [0.1, 0.15) is 0 Å². The van der Waals surface area contributed by atoms with Gasteiger partial charge in [0, 0.05) is 30.4 Å². The third-order valence-electron chi connectivity index (χ3n) is 4.08. The average molecular weight is 357 g/mol. The second kappa shape index (κ2) is 7.03. The topological polar surface area (TPSA) is 88.8 Å². The van der Waals surface area contributed by atoms with Crippen molar-refractivity contribution in [1.29, 1.82) is 0 Å². The van der Waals surface area contributed by atoms with Crippen LogP contribution in [0.5, 0.6) is 0 Å². The maximum atomic E-state index is 4.64. The first kappa shape index (κ1) is 17.0. The Balaban J connectivity index is 1.82. The fraction of sp³-hybridized carbons (Fsp3) is 0.200. The summed E-state index contributed by atoms with van der Waals surface area (Å²) < 4.78 is 0. The van der Waals surface area contributed by atoms with E-state index >= 15 is 0 Å². The highest BCUT2D eigenvalue weighted by molar-refractivity contribution is 5.78. The van der Waals surface area contributed by atoms with Crippen molar-refractivity contribution in [2.75, 3.05) is 0 Å². The number of hydrogen-bond donors (Lipinski definition) is 1. The molecule has 1 aromatic carbocycles. The third kappa shape index (κ3) is 3.72. The normalized spacial score (nSPS) is 16.0. The fourth-order valence-electron chi connectivity index (χ4n) is 2.58. The first-order valence-corrected chi connectivity index (χ1v) is 8.66. The lowest BCUT2D eigenvalue weighted by Crippen LogP contribution is -2.21. The van der Waals surface area contributed by atoms with E-state index in [9.17, 15) is 0 Å². The Hall–Kier alpha value is -3.48. The highest BCUT2D eigenvalue weighted by Crippen LogP contribution is 2.22. The van der Waals surface area contributed by atoms with Crippen molar-refractivity contribution in [2.45, 2.75) is 26.9 Å². The molecular weight excluding hydrogens is 338 g/mol. The molecule has 27 heavy (non-hydrogen) atoms. The van der Waals surface area contributed by atoms with E-state index in [-0.39, 0.29) is 6.17 Å². The predicted molar refractivity (Wildman–Crippen MR) is 104 cm³/mol. The molecular formula is C20H19N7. The number of allylic oxidation sites excluding steroid dienone is 1. The zero-order chi connectivity index (χ0) is 18.8. The number of aromatic nitrogens is 5. The van der Waals surface area contributed by atoms with Crippen LogP contribution < -0.4 is 5.32 Å². The van der Waals surface area contributed by atoms with Crippen LogP contribution in [0.25, 0.3) is 23.0 Å². The summed E-state index contributed by atoms with van der Waals surface area (Å²) in [6.45, 7) is 5.96. The molecule has 4 rings (SSSR count). The summed E-state index contributed by atoms with van der Waals surface area (Å²) in [5.74, 6) is 1.99. The first-order valence-electron chi connectivity index (χ1n) is 8.66. The van der Waals surface area contributed by atoms with Crippen LogP contribution in [0.1, 0.15) is 30.0 Å². The Morgan fingerprint density at radius 2 is 1.48 bits per heavy atom. The summed E-state index contributed by atoms with van der Waals surface area (Å²) >= 11 is 0. The molecule has 7 nitrogen and oxygen atoms in total. The monoisotopic (exact) mass is 357 g/mol. The molecule has 1 aliphatic rings. The molecule has 0 saturated heterocycles. The molecule has 1 N–H and O–H groups in total. The lowest BCUT2D eigenvalue weighted by Gasteiger charge is -2.16. The molecule has 0 saturated carbocycles. The van der Waals surface area contributed by atoms with E-state index in [1.165, 1.54) is 5.56 Å². The van der Waals surface area contributed by atoms with Gasteiger partial charge in [0.15, 0.2) is 23.6 Å². The summed E-state index contributed by atoms with van der Waals surface area (Å²) in [5, 5.41) is 3.21. The van der Waals surface area contributed by atoms with Gasteiger partial charge in [-0.25, -0.2) is 24.9 Å². The number of aryl methyl sites for hydroxylation is 2. The molecule has 0 aliphatic carbocycles. The van der Waals surface area contributed by atoms with Crippen molar-refractivity contribution in [1.82, 2.24) is 30.2 Å². The van der Waals surface area contributed by atoms with Crippen LogP contribution in [0.3, 0.4) is 0 Å². The van der Waals surface area contributed by atoms with Crippen molar-refractivity contribution in [2.24, 2.45) is 4.99 Å². The minimum atomic E-state index is -0.370. The number of aliphatic imine (C=N–C) groups is 1. The second-order valence-electron chi connectivity index (χ2n) is 6.53. The number of benzene rings is 1. The summed E-state index contributed by atoms with van der Waals surface area (Å²) in [4.78, 5) is 27.0. The maximum Gasteiger partial charge on any atom is 0.201 e. The highest BCUT2D eigenvalue weighted by Gasteiger charge is 2.19. The van der Waals surface area contributed by atoms with Crippen LogP contribution in [-0.2, 0) is 0 Å². The van der Waals surface area contributed by atoms with Gasteiger partial charge in [-0.2, -0.15) is 0 Å². The molecule has 0 bridgehead atoms. The summed E-state index contributed by atoms with van der Waals surface area (Å²) in [6, 6.07) is 8.06. The Morgan fingerprint density at radius 3 is 2.15 bits per heavy atom. The van der Waals surface area contributed by atoms with Gasteiger partial charge in [-0.05, 0) is 31.9 Å². The molecule has 0 radical (unpaired) electrons. The van der Waals surface area contributed by atoms with Crippen LogP contribution in [0.4, 0.5) is 0 Å². The summed E-state index contributed by atoms with van der Waals surface area (Å²) in [6.07, 6.45) is 6.83. The average Bonchev–Trinajstić information content (AvgIpc) is 2.69. The molecule has 134 valence electrons. The second-order valence-corrected chi connectivity index (χ2v) is 6.53. The van der Waals surface area contributed by atoms with Crippen molar-refractivity contribution < 1.29 is 0 Å². The molecule has 0 amide bonds. The van der Waals surface area contributed by atoms with E-state index in [1.54, 1.807) is 18.6 Å². The number of nitrogens with zero attached hydrogens (tertiary/aromatic N) is 6. The van der Waals surface area contributed by atoms with Gasteiger partial charge >= 0.3 is 0 Å². The van der Waals surface area contributed by atoms with Gasteiger partial charge in [-0.1, -0.05) is 29.8 Å². The molecule has 2 aromatic heterocycles. The highest BCUT2D eigenvalue weighted by atomic mass is 15.2. The fourth-order valence-corrected chi connectivity index (χ4v) is 2.58. The molecule has 0 fully saturated rings. The van der Waals surface area contributed by atoms with Crippen molar-refractivity contribution in [3.05, 3.63) is 65.4 Å². The molecule has 1 unspecified atom stereocenters. The number of nitrogens with one attached hydrogen (secondary N) is 1. The summed E-state index contributed by atoms with van der Waals surface area (Å²) in [7, 11) is 0. The smallest absolute Gasteiger partial charge is 0.201 e. The van der Waals surface area contributed by atoms with E-state index in [4.69, 9.17) is 0 Å². The van der Waals surface area contributed by atoms with Gasteiger partial charge in [0.05, 0.1) is 0 Å². The van der Waals surface area contributed by atoms with Gasteiger partial charge < -0.3 is 5.32 Å². The maximum absolute atomic E-state index is 4.64. The van der Waals surface area contributed by atoms with E-state index in [0.29, 0.717) is 23.3 Å². The van der Waals surface area contributed by atoms with Gasteiger partial charge in [0.2, 0.25) is 5.82 Å². The lowest BCUT2D eigenvalue weighted by molar-refractivity contribution is 0.603. The molecule has 7 heteroatoms. The molecule has 1 aliphatic heterocycles. The van der Waals surface area contributed by atoms with Crippen molar-refractivity contribution >= 4 is 6.21 Å². The van der Waals surface area contributed by atoms with E-state index in [2.05, 4.69) is 35.2 Å². The van der Waals surface area contributed by atoms with Gasteiger partial charge in [0.25, 0.3) is 0 Å². The minimum absolute atomic E-state index is 0.370. The Labute approximate surface area is 157 Å². The molecule has 3 aromatic rings. The van der Waals surface area contributed by atoms with Crippen LogP contribution in [0.15, 0.2) is 53.4 Å². The van der Waals surface area contributed by atoms with Crippen LogP contribution in [-0.4, -0.2) is 31.1 Å². The van der Waals surface area contributed by atoms with Crippen LogP contribution in [0, 0.1) is 13.8 Å². The van der Waals surface area contributed by atoms with E-state index in [0.717, 1.165) is 16.7 Å². The lowest BCUT2D eigenvalue weighted by atomic mass is 10.1. The summed E-state index contributed by atoms with van der Waals surface area (Å²) in [5.41, 5.74) is 4.10.